The average molecular weight is 420 g/mol. The van der Waals surface area contributed by atoms with Crippen molar-refractivity contribution in [3.8, 4) is 0 Å². The topological polar surface area (TPSA) is 49.3 Å². The van der Waals surface area contributed by atoms with E-state index in [1.54, 1.807) is 24.3 Å². The van der Waals surface area contributed by atoms with Gasteiger partial charge >= 0.3 is 0 Å². The van der Waals surface area contributed by atoms with Gasteiger partial charge in [-0.1, -0.05) is 23.7 Å². The molecule has 6 heteroatoms. The predicted molar refractivity (Wildman–Crippen MR) is 87.9 cm³/mol. The largest absolute Gasteiger partial charge is 0.387 e. The van der Waals surface area contributed by atoms with Crippen molar-refractivity contribution < 1.29 is 14.3 Å². The van der Waals surface area contributed by atoms with Crippen LogP contribution in [0.15, 0.2) is 42.5 Å². The fourth-order valence-electron chi connectivity index (χ4n) is 1.76. The Morgan fingerprint density at radius 1 is 1.29 bits per heavy atom. The lowest BCUT2D eigenvalue weighted by Gasteiger charge is -2.13. The zero-order valence-corrected chi connectivity index (χ0v) is 13.7. The van der Waals surface area contributed by atoms with Crippen LogP contribution in [0.2, 0.25) is 5.02 Å². The number of rotatable bonds is 4. The molecule has 21 heavy (non-hydrogen) atoms. The number of benzene rings is 2. The van der Waals surface area contributed by atoms with E-state index in [4.69, 9.17) is 11.6 Å². The summed E-state index contributed by atoms with van der Waals surface area (Å²) < 4.78 is 13.8. The zero-order valence-electron chi connectivity index (χ0n) is 10.8. The van der Waals surface area contributed by atoms with Gasteiger partial charge in [0.25, 0.3) is 5.91 Å². The van der Waals surface area contributed by atoms with E-state index in [1.807, 2.05) is 22.6 Å². The van der Waals surface area contributed by atoms with Crippen LogP contribution in [0.4, 0.5) is 4.39 Å². The van der Waals surface area contributed by atoms with Gasteiger partial charge in [0.1, 0.15) is 5.82 Å². The van der Waals surface area contributed by atoms with Crippen molar-refractivity contribution in [3.63, 3.8) is 0 Å². The molecule has 1 atom stereocenters. The summed E-state index contributed by atoms with van der Waals surface area (Å²) in [7, 11) is 0. The van der Waals surface area contributed by atoms with Gasteiger partial charge in [0.05, 0.1) is 11.7 Å². The quantitative estimate of drug-likeness (QED) is 0.745. The second-order valence-corrected chi connectivity index (χ2v) is 6.00. The van der Waals surface area contributed by atoms with Crippen LogP contribution in [0.1, 0.15) is 22.0 Å². The third kappa shape index (κ3) is 4.39. The van der Waals surface area contributed by atoms with E-state index < -0.39 is 17.8 Å². The van der Waals surface area contributed by atoms with Gasteiger partial charge in [-0.3, -0.25) is 4.79 Å². The van der Waals surface area contributed by atoms with Gasteiger partial charge in [-0.2, -0.15) is 0 Å². The van der Waals surface area contributed by atoms with Gasteiger partial charge in [-0.05, 0) is 58.5 Å². The molecule has 2 N–H and O–H groups in total. The minimum Gasteiger partial charge on any atom is -0.387 e. The van der Waals surface area contributed by atoms with Crippen LogP contribution >= 0.6 is 34.2 Å². The maximum absolute atomic E-state index is 13.2. The first kappa shape index (κ1) is 16.2. The second kappa shape index (κ2) is 7.20. The number of hydrogen-bond acceptors (Lipinski definition) is 2. The summed E-state index contributed by atoms with van der Waals surface area (Å²) in [5.41, 5.74) is 0.896. The first-order chi connectivity index (χ1) is 9.97. The Balaban J connectivity index is 2.00. The minimum absolute atomic E-state index is 0.0348. The summed E-state index contributed by atoms with van der Waals surface area (Å²) in [6.07, 6.45) is -0.850. The van der Waals surface area contributed by atoms with Crippen LogP contribution in [0.25, 0.3) is 0 Å². The molecule has 0 spiro atoms. The summed E-state index contributed by atoms with van der Waals surface area (Å²) in [5, 5.41) is 13.2. The van der Waals surface area contributed by atoms with Crippen molar-refractivity contribution in [1.29, 1.82) is 0 Å². The molecular weight excluding hydrogens is 408 g/mol. The molecule has 0 saturated heterocycles. The molecule has 2 rings (SSSR count). The highest BCUT2D eigenvalue weighted by Gasteiger charge is 2.13. The Bertz CT molecular complexity index is 649. The van der Waals surface area contributed by atoms with Crippen molar-refractivity contribution in [2.45, 2.75) is 6.10 Å². The van der Waals surface area contributed by atoms with Crippen LogP contribution in [0.3, 0.4) is 0 Å². The highest BCUT2D eigenvalue weighted by atomic mass is 127. The van der Waals surface area contributed by atoms with Gasteiger partial charge < -0.3 is 10.4 Å². The number of aliphatic hydroxyl groups excluding tert-OH is 1. The molecule has 0 heterocycles. The minimum atomic E-state index is -0.850. The van der Waals surface area contributed by atoms with E-state index in [9.17, 15) is 14.3 Å². The summed E-state index contributed by atoms with van der Waals surface area (Å²) >= 11 is 7.73. The lowest BCUT2D eigenvalue weighted by molar-refractivity contribution is 0.0915. The number of carbonyl (C=O) groups excluding carboxylic acids is 1. The Morgan fingerprint density at radius 2 is 1.95 bits per heavy atom. The van der Waals surface area contributed by atoms with E-state index in [0.29, 0.717) is 14.2 Å². The number of hydrogen-bond donors (Lipinski definition) is 2. The molecule has 2 aromatic carbocycles. The monoisotopic (exact) mass is 419 g/mol. The zero-order chi connectivity index (χ0) is 15.4. The normalized spacial score (nSPS) is 12.0. The summed E-state index contributed by atoms with van der Waals surface area (Å²) in [4.78, 5) is 12.0. The second-order valence-electron chi connectivity index (χ2n) is 4.40. The van der Waals surface area contributed by atoms with E-state index >= 15 is 0 Å². The Labute approximate surface area is 140 Å². The average Bonchev–Trinajstić information content (AvgIpc) is 2.47. The van der Waals surface area contributed by atoms with Gasteiger partial charge in [-0.15, -0.1) is 0 Å². The lowest BCUT2D eigenvalue weighted by atomic mass is 10.1. The molecule has 3 nitrogen and oxygen atoms in total. The van der Waals surface area contributed by atoms with Crippen molar-refractivity contribution >= 4 is 40.1 Å². The van der Waals surface area contributed by atoms with Gasteiger partial charge in [0.2, 0.25) is 0 Å². The maximum atomic E-state index is 13.2. The van der Waals surface area contributed by atoms with Crippen LogP contribution in [-0.4, -0.2) is 17.6 Å². The van der Waals surface area contributed by atoms with Crippen molar-refractivity contribution in [3.05, 3.63) is 68.0 Å². The lowest BCUT2D eigenvalue weighted by Crippen LogP contribution is -2.29. The first-order valence-electron chi connectivity index (χ1n) is 6.14. The summed E-state index contributed by atoms with van der Waals surface area (Å²) in [6.45, 7) is 0.0348. The number of amides is 1. The molecule has 0 aromatic heterocycles. The molecule has 0 radical (unpaired) electrons. The molecule has 0 aliphatic heterocycles. The Hall–Kier alpha value is -1.18. The molecule has 1 unspecified atom stereocenters. The number of halogens is 3. The number of nitrogens with one attached hydrogen (secondary N) is 1. The van der Waals surface area contributed by atoms with Crippen molar-refractivity contribution in [1.82, 2.24) is 5.32 Å². The van der Waals surface area contributed by atoms with Gasteiger partial charge in [0.15, 0.2) is 0 Å². The van der Waals surface area contributed by atoms with Crippen LogP contribution in [0.5, 0.6) is 0 Å². The summed E-state index contributed by atoms with van der Waals surface area (Å²) in [5.74, 6) is -0.897. The van der Waals surface area contributed by atoms with Gasteiger partial charge in [0, 0.05) is 15.1 Å². The number of aliphatic hydroxyl groups is 1. The predicted octanol–water partition coefficient (Wildman–Crippen LogP) is 3.55. The van der Waals surface area contributed by atoms with Crippen LogP contribution in [-0.2, 0) is 0 Å². The standard InChI is InChI=1S/C15H12ClFINO2/c16-10-3-1-9(2-4-10)14(20)8-19-15(21)12-7-11(17)5-6-13(12)18/h1-7,14,20H,8H2,(H,19,21). The molecule has 0 saturated carbocycles. The molecule has 0 fully saturated rings. The smallest absolute Gasteiger partial charge is 0.252 e. The molecule has 110 valence electrons. The fourth-order valence-corrected chi connectivity index (χ4v) is 2.47. The molecule has 0 aliphatic rings. The van der Waals surface area contributed by atoms with Crippen molar-refractivity contribution in [2.24, 2.45) is 0 Å². The Morgan fingerprint density at radius 3 is 2.62 bits per heavy atom. The summed E-state index contributed by atoms with van der Waals surface area (Å²) in [6, 6.07) is 10.7. The molecule has 0 aliphatic carbocycles. The third-order valence-electron chi connectivity index (χ3n) is 2.88. The molecular formula is C15H12ClFINO2. The maximum Gasteiger partial charge on any atom is 0.252 e. The SMILES string of the molecule is O=C(NCC(O)c1ccc(Cl)cc1)c1cc(F)ccc1I. The van der Waals surface area contributed by atoms with E-state index in [0.717, 1.165) is 0 Å². The first-order valence-corrected chi connectivity index (χ1v) is 7.60. The number of carbonyl (C=O) groups is 1. The Kier molecular flexibility index (Phi) is 5.55. The molecule has 1 amide bonds. The highest BCUT2D eigenvalue weighted by Crippen LogP contribution is 2.17. The fraction of sp³-hybridized carbons (Fsp3) is 0.133. The van der Waals surface area contributed by atoms with E-state index in [2.05, 4.69) is 5.32 Å². The van der Waals surface area contributed by atoms with Crippen LogP contribution in [0, 0.1) is 9.39 Å². The van der Waals surface area contributed by atoms with Crippen molar-refractivity contribution in [2.75, 3.05) is 6.54 Å². The van der Waals surface area contributed by atoms with Crippen LogP contribution < -0.4 is 5.32 Å². The highest BCUT2D eigenvalue weighted by molar-refractivity contribution is 14.1. The molecule has 0 bridgehead atoms. The van der Waals surface area contributed by atoms with E-state index in [1.165, 1.54) is 18.2 Å². The van der Waals surface area contributed by atoms with E-state index in [-0.39, 0.29) is 12.1 Å². The van der Waals surface area contributed by atoms with Gasteiger partial charge in [-0.25, -0.2) is 4.39 Å². The molecule has 2 aromatic rings. The third-order valence-corrected chi connectivity index (χ3v) is 4.08.